The Morgan fingerprint density at radius 1 is 1.30 bits per heavy atom. The van der Waals surface area contributed by atoms with E-state index in [4.69, 9.17) is 5.11 Å². The van der Waals surface area contributed by atoms with E-state index >= 15 is 0 Å². The molecule has 106 valence electrons. The number of fused-ring (bicyclic) bond motifs is 1. The van der Waals surface area contributed by atoms with Gasteiger partial charge in [0.15, 0.2) is 0 Å². The van der Waals surface area contributed by atoms with E-state index in [0.29, 0.717) is 12.1 Å². The average molecular weight is 273 g/mol. The zero-order valence-corrected chi connectivity index (χ0v) is 11.8. The Morgan fingerprint density at radius 3 is 2.65 bits per heavy atom. The van der Waals surface area contributed by atoms with Crippen LogP contribution in [0.1, 0.15) is 43.5 Å². The van der Waals surface area contributed by atoms with Gasteiger partial charge in [-0.1, -0.05) is 0 Å². The summed E-state index contributed by atoms with van der Waals surface area (Å²) in [5.74, 6) is -0.916. The lowest BCUT2D eigenvalue weighted by Gasteiger charge is -2.41. The molecule has 1 aromatic heterocycles. The van der Waals surface area contributed by atoms with E-state index in [2.05, 4.69) is 28.5 Å². The second-order valence-corrected chi connectivity index (χ2v) is 5.61. The van der Waals surface area contributed by atoms with E-state index in [9.17, 15) is 4.79 Å². The molecule has 5 nitrogen and oxygen atoms in total. The van der Waals surface area contributed by atoms with Crippen molar-refractivity contribution in [1.29, 1.82) is 0 Å². The van der Waals surface area contributed by atoms with Crippen molar-refractivity contribution in [3.8, 4) is 0 Å². The predicted octanol–water partition coefficient (Wildman–Crippen LogP) is 2.63. The zero-order valence-electron chi connectivity index (χ0n) is 11.8. The Bertz CT molecular complexity index is 640. The normalized spacial score (nSPS) is 23.2. The summed E-state index contributed by atoms with van der Waals surface area (Å²) >= 11 is 0. The number of piperidine rings is 1. The molecular formula is C15H19N3O2. The topological polar surface area (TPSA) is 58.4 Å². The smallest absolute Gasteiger partial charge is 0.335 e. The van der Waals surface area contributed by atoms with Gasteiger partial charge in [0.1, 0.15) is 6.33 Å². The Morgan fingerprint density at radius 2 is 2.00 bits per heavy atom. The van der Waals surface area contributed by atoms with Gasteiger partial charge in [0.05, 0.1) is 16.6 Å². The minimum Gasteiger partial charge on any atom is -0.478 e. The summed E-state index contributed by atoms with van der Waals surface area (Å²) in [5, 5.41) is 11.4. The summed E-state index contributed by atoms with van der Waals surface area (Å²) in [4.78, 5) is 15.4. The highest BCUT2D eigenvalue weighted by Crippen LogP contribution is 2.24. The number of carbonyl (C=O) groups is 1. The molecule has 1 aliphatic rings. The summed E-state index contributed by atoms with van der Waals surface area (Å²) < 4.78 is 2.08. The molecule has 5 heteroatoms. The molecule has 2 atom stereocenters. The first-order valence-electron chi connectivity index (χ1n) is 7.07. The van der Waals surface area contributed by atoms with Crippen molar-refractivity contribution in [2.24, 2.45) is 0 Å². The summed E-state index contributed by atoms with van der Waals surface area (Å²) in [6.45, 7) is 4.46. The minimum absolute atomic E-state index is 0.280. The van der Waals surface area contributed by atoms with E-state index in [1.54, 1.807) is 18.5 Å². The molecular weight excluding hydrogens is 254 g/mol. The number of aromatic carboxylic acids is 1. The first-order chi connectivity index (χ1) is 9.58. The Balaban J connectivity index is 2.06. The zero-order chi connectivity index (χ0) is 14.3. The fraction of sp³-hybridized carbons (Fsp3) is 0.467. The number of aromatic nitrogens is 2. The van der Waals surface area contributed by atoms with Crippen LogP contribution in [-0.4, -0.2) is 32.8 Å². The largest absolute Gasteiger partial charge is 0.478 e. The van der Waals surface area contributed by atoms with Crippen LogP contribution < -0.4 is 5.01 Å². The number of benzene rings is 1. The predicted molar refractivity (Wildman–Crippen MR) is 77.7 cm³/mol. The average Bonchev–Trinajstić information content (AvgIpc) is 2.81. The molecule has 1 fully saturated rings. The van der Waals surface area contributed by atoms with Crippen molar-refractivity contribution >= 4 is 17.0 Å². The second kappa shape index (κ2) is 4.81. The molecule has 2 unspecified atom stereocenters. The van der Waals surface area contributed by atoms with E-state index in [0.717, 1.165) is 11.0 Å². The quantitative estimate of drug-likeness (QED) is 0.913. The van der Waals surface area contributed by atoms with Crippen LogP contribution in [0, 0.1) is 0 Å². The molecule has 20 heavy (non-hydrogen) atoms. The summed E-state index contributed by atoms with van der Waals surface area (Å²) in [5.41, 5.74) is 1.98. The van der Waals surface area contributed by atoms with Crippen molar-refractivity contribution in [2.45, 2.75) is 45.2 Å². The lowest BCUT2D eigenvalue weighted by atomic mass is 10.00. The summed E-state index contributed by atoms with van der Waals surface area (Å²) in [6.07, 6.45) is 5.41. The van der Waals surface area contributed by atoms with Gasteiger partial charge in [-0.05, 0) is 51.3 Å². The van der Waals surface area contributed by atoms with Gasteiger partial charge in [0, 0.05) is 12.1 Å². The molecule has 0 amide bonds. The molecule has 2 aromatic rings. The van der Waals surface area contributed by atoms with E-state index in [1.807, 2.05) is 6.07 Å². The van der Waals surface area contributed by atoms with Crippen molar-refractivity contribution in [3.05, 3.63) is 30.1 Å². The van der Waals surface area contributed by atoms with Gasteiger partial charge in [-0.25, -0.2) is 14.5 Å². The lowest BCUT2D eigenvalue weighted by Crippen LogP contribution is -2.50. The maximum atomic E-state index is 11.0. The van der Waals surface area contributed by atoms with Crippen molar-refractivity contribution < 1.29 is 9.90 Å². The van der Waals surface area contributed by atoms with Gasteiger partial charge >= 0.3 is 5.97 Å². The van der Waals surface area contributed by atoms with Crippen LogP contribution in [0.4, 0.5) is 0 Å². The fourth-order valence-electron chi connectivity index (χ4n) is 3.15. The van der Waals surface area contributed by atoms with Crippen LogP contribution in [0.5, 0.6) is 0 Å². The molecule has 0 spiro atoms. The van der Waals surface area contributed by atoms with E-state index < -0.39 is 5.97 Å². The minimum atomic E-state index is -0.916. The monoisotopic (exact) mass is 273 g/mol. The number of hydrogen-bond acceptors (Lipinski definition) is 3. The van der Waals surface area contributed by atoms with Crippen molar-refractivity contribution in [1.82, 2.24) is 9.66 Å². The van der Waals surface area contributed by atoms with Crippen LogP contribution in [-0.2, 0) is 0 Å². The molecule has 1 aromatic carbocycles. The van der Waals surface area contributed by atoms with Crippen molar-refractivity contribution in [3.63, 3.8) is 0 Å². The van der Waals surface area contributed by atoms with Gasteiger partial charge < -0.3 is 10.1 Å². The molecule has 1 saturated heterocycles. The van der Waals surface area contributed by atoms with Gasteiger partial charge in [-0.15, -0.1) is 0 Å². The van der Waals surface area contributed by atoms with Gasteiger partial charge in [0.2, 0.25) is 0 Å². The van der Waals surface area contributed by atoms with Crippen LogP contribution in [0.3, 0.4) is 0 Å². The van der Waals surface area contributed by atoms with Crippen LogP contribution in [0.25, 0.3) is 11.0 Å². The summed E-state index contributed by atoms with van der Waals surface area (Å²) in [6, 6.07) is 6.06. The maximum absolute atomic E-state index is 11.0. The number of carboxylic acids is 1. The molecule has 1 N–H and O–H groups in total. The third kappa shape index (κ3) is 2.03. The van der Waals surface area contributed by atoms with E-state index in [1.165, 1.54) is 19.3 Å². The molecule has 0 aliphatic carbocycles. The summed E-state index contributed by atoms with van der Waals surface area (Å²) in [7, 11) is 0. The number of nitrogens with zero attached hydrogens (tertiary/aromatic N) is 3. The lowest BCUT2D eigenvalue weighted by molar-refractivity contribution is 0.0697. The molecule has 0 radical (unpaired) electrons. The number of rotatable bonds is 2. The van der Waals surface area contributed by atoms with Crippen molar-refractivity contribution in [2.75, 3.05) is 5.01 Å². The standard InChI is InChI=1S/C15H19N3O2/c1-10-4-3-5-11(2)18(10)17-9-16-13-8-12(15(19)20)6-7-14(13)17/h6-11H,3-5H2,1-2H3,(H,19,20). The molecule has 3 rings (SSSR count). The number of carboxylic acid groups (broad SMARTS) is 1. The highest BCUT2D eigenvalue weighted by atomic mass is 16.4. The third-order valence-corrected chi connectivity index (χ3v) is 4.17. The Labute approximate surface area is 117 Å². The van der Waals surface area contributed by atoms with E-state index in [-0.39, 0.29) is 5.56 Å². The molecule has 0 saturated carbocycles. The molecule has 0 bridgehead atoms. The van der Waals surface area contributed by atoms with Gasteiger partial charge in [-0.2, -0.15) is 0 Å². The third-order valence-electron chi connectivity index (χ3n) is 4.17. The molecule has 1 aliphatic heterocycles. The molecule has 2 heterocycles. The Hall–Kier alpha value is -2.04. The highest BCUT2D eigenvalue weighted by Gasteiger charge is 2.26. The fourth-order valence-corrected chi connectivity index (χ4v) is 3.15. The van der Waals surface area contributed by atoms with Crippen LogP contribution in [0.2, 0.25) is 0 Å². The second-order valence-electron chi connectivity index (χ2n) is 5.61. The van der Waals surface area contributed by atoms with Crippen LogP contribution >= 0.6 is 0 Å². The van der Waals surface area contributed by atoms with Gasteiger partial charge in [-0.3, -0.25) is 0 Å². The number of imidazole rings is 1. The van der Waals surface area contributed by atoms with Gasteiger partial charge in [0.25, 0.3) is 0 Å². The maximum Gasteiger partial charge on any atom is 0.335 e. The first-order valence-corrected chi connectivity index (χ1v) is 7.07. The number of hydrogen-bond donors (Lipinski definition) is 1. The Kier molecular flexibility index (Phi) is 3.12. The first kappa shape index (κ1) is 13.0. The van der Waals surface area contributed by atoms with Crippen LogP contribution in [0.15, 0.2) is 24.5 Å². The SMILES string of the molecule is CC1CCCC(C)N1n1cnc2cc(C(=O)O)ccc21. The highest BCUT2D eigenvalue weighted by molar-refractivity contribution is 5.92.